The van der Waals surface area contributed by atoms with Gasteiger partial charge in [-0.2, -0.15) is 5.26 Å². The molecule has 0 amide bonds. The lowest BCUT2D eigenvalue weighted by Crippen LogP contribution is -1.96. The van der Waals surface area contributed by atoms with Crippen LogP contribution in [0.1, 0.15) is 24.0 Å². The van der Waals surface area contributed by atoms with Crippen LogP contribution in [0.5, 0.6) is 0 Å². The largest absolute Gasteiger partial charge is 0.293 e. The highest BCUT2D eigenvalue weighted by molar-refractivity contribution is 5.86. The molecule has 0 aliphatic carbocycles. The summed E-state index contributed by atoms with van der Waals surface area (Å²) in [5.41, 5.74) is 3.11. The van der Waals surface area contributed by atoms with Crippen LogP contribution in [-0.2, 0) is 0 Å². The first-order valence-corrected chi connectivity index (χ1v) is 5.09. The summed E-state index contributed by atoms with van der Waals surface area (Å²) < 4.78 is 0. The van der Waals surface area contributed by atoms with E-state index in [9.17, 15) is 0 Å². The van der Waals surface area contributed by atoms with Crippen molar-refractivity contribution in [3.63, 3.8) is 0 Å². The maximum absolute atomic E-state index is 8.66. The van der Waals surface area contributed by atoms with E-state index in [1.54, 1.807) is 0 Å². The summed E-state index contributed by atoms with van der Waals surface area (Å²) in [6.07, 6.45) is 6.31. The van der Waals surface area contributed by atoms with Crippen molar-refractivity contribution in [2.24, 2.45) is 4.99 Å². The topological polar surface area (TPSA) is 36.1 Å². The summed E-state index contributed by atoms with van der Waals surface area (Å²) in [6, 6.07) is 9.72. The zero-order chi connectivity index (χ0) is 10.5. The van der Waals surface area contributed by atoms with E-state index in [1.165, 1.54) is 5.57 Å². The Morgan fingerprint density at radius 1 is 1.27 bits per heavy atom. The smallest absolute Gasteiger partial charge is 0.0991 e. The Morgan fingerprint density at radius 2 is 2.07 bits per heavy atom. The van der Waals surface area contributed by atoms with Crippen molar-refractivity contribution < 1.29 is 0 Å². The molecule has 1 aromatic carbocycles. The van der Waals surface area contributed by atoms with Crippen molar-refractivity contribution in [1.29, 1.82) is 5.26 Å². The van der Waals surface area contributed by atoms with Crippen LogP contribution in [0, 0.1) is 11.3 Å². The van der Waals surface area contributed by atoms with Gasteiger partial charge in [0.25, 0.3) is 0 Å². The predicted molar refractivity (Wildman–Crippen MR) is 61.7 cm³/mol. The second-order valence-corrected chi connectivity index (χ2v) is 3.59. The van der Waals surface area contributed by atoms with E-state index < -0.39 is 0 Å². The summed E-state index contributed by atoms with van der Waals surface area (Å²) in [5.74, 6) is 0. The molecule has 15 heavy (non-hydrogen) atoms. The molecule has 0 radical (unpaired) electrons. The van der Waals surface area contributed by atoms with Gasteiger partial charge in [-0.1, -0.05) is 18.2 Å². The maximum Gasteiger partial charge on any atom is 0.0991 e. The number of rotatable bonds is 1. The van der Waals surface area contributed by atoms with Gasteiger partial charge >= 0.3 is 0 Å². The van der Waals surface area contributed by atoms with Crippen LogP contribution in [0.25, 0.3) is 6.08 Å². The Hall–Kier alpha value is -1.88. The van der Waals surface area contributed by atoms with Crippen molar-refractivity contribution in [3.05, 3.63) is 41.0 Å². The van der Waals surface area contributed by atoms with Crippen LogP contribution in [0.15, 0.2) is 34.8 Å². The molecule has 0 bridgehead atoms. The van der Waals surface area contributed by atoms with Crippen molar-refractivity contribution in [2.45, 2.75) is 12.8 Å². The van der Waals surface area contributed by atoms with Crippen molar-refractivity contribution in [3.8, 4) is 6.07 Å². The van der Waals surface area contributed by atoms with Crippen LogP contribution in [-0.4, -0.2) is 12.8 Å². The lowest BCUT2D eigenvalue weighted by atomic mass is 10.0. The third-order valence-corrected chi connectivity index (χ3v) is 2.40. The van der Waals surface area contributed by atoms with Gasteiger partial charge in [0.1, 0.15) is 0 Å². The molecule has 0 saturated carbocycles. The molecule has 0 spiro atoms. The van der Waals surface area contributed by atoms with Crippen LogP contribution >= 0.6 is 0 Å². The van der Waals surface area contributed by atoms with E-state index >= 15 is 0 Å². The monoisotopic (exact) mass is 196 g/mol. The third kappa shape index (κ3) is 2.54. The summed E-state index contributed by atoms with van der Waals surface area (Å²) in [7, 11) is 0. The zero-order valence-corrected chi connectivity index (χ0v) is 8.48. The number of nitriles is 1. The first kappa shape index (κ1) is 9.67. The maximum atomic E-state index is 8.66. The normalized spacial score (nSPS) is 17.7. The molecule has 74 valence electrons. The first-order chi connectivity index (χ1) is 7.38. The van der Waals surface area contributed by atoms with Crippen molar-refractivity contribution in [1.82, 2.24) is 0 Å². The van der Waals surface area contributed by atoms with E-state index in [1.807, 2.05) is 30.5 Å². The van der Waals surface area contributed by atoms with Crippen molar-refractivity contribution in [2.75, 3.05) is 6.54 Å². The van der Waals surface area contributed by atoms with Crippen LogP contribution < -0.4 is 0 Å². The minimum Gasteiger partial charge on any atom is -0.293 e. The molecular formula is C13H12N2. The predicted octanol–water partition coefficient (Wildman–Crippen LogP) is 2.81. The van der Waals surface area contributed by atoms with Crippen LogP contribution in [0.2, 0.25) is 0 Å². The number of nitrogens with zero attached hydrogens (tertiary/aromatic N) is 2. The Balaban J connectivity index is 2.20. The molecular weight excluding hydrogens is 184 g/mol. The molecule has 2 heteroatoms. The molecule has 1 heterocycles. The minimum atomic E-state index is 0.703. The highest BCUT2D eigenvalue weighted by Crippen LogP contribution is 2.13. The van der Waals surface area contributed by atoms with Gasteiger partial charge in [0.2, 0.25) is 0 Å². The summed E-state index contributed by atoms with van der Waals surface area (Å²) in [6.45, 7) is 0.949. The number of aliphatic imine (C=N–C) groups is 1. The fraction of sp³-hybridized carbons (Fsp3) is 0.231. The molecule has 0 N–H and O–H groups in total. The van der Waals surface area contributed by atoms with Gasteiger partial charge in [0.15, 0.2) is 0 Å². The molecule has 2 nitrogen and oxygen atoms in total. The lowest BCUT2D eigenvalue weighted by molar-refractivity contribution is 0.826. The quantitative estimate of drug-likeness (QED) is 0.680. The van der Waals surface area contributed by atoms with E-state index in [2.05, 4.69) is 17.1 Å². The number of hydrogen-bond donors (Lipinski definition) is 0. The lowest BCUT2D eigenvalue weighted by Gasteiger charge is -2.06. The van der Waals surface area contributed by atoms with Gasteiger partial charge in [-0.15, -0.1) is 0 Å². The third-order valence-electron chi connectivity index (χ3n) is 2.40. The van der Waals surface area contributed by atoms with Gasteiger partial charge in [0, 0.05) is 12.8 Å². The average molecular weight is 196 g/mol. The van der Waals surface area contributed by atoms with Gasteiger partial charge < -0.3 is 0 Å². The number of allylic oxidation sites excluding steroid dienone is 1. The Kier molecular flexibility index (Phi) is 2.94. The Bertz CT molecular complexity index is 433. The number of benzene rings is 1. The molecule has 0 saturated heterocycles. The van der Waals surface area contributed by atoms with E-state index in [4.69, 9.17) is 5.26 Å². The zero-order valence-electron chi connectivity index (χ0n) is 8.48. The molecule has 2 rings (SSSR count). The molecule has 0 unspecified atom stereocenters. The van der Waals surface area contributed by atoms with E-state index in [0.717, 1.165) is 24.9 Å². The fourth-order valence-corrected chi connectivity index (χ4v) is 1.60. The molecule has 0 fully saturated rings. The van der Waals surface area contributed by atoms with Crippen LogP contribution in [0.3, 0.4) is 0 Å². The Labute approximate surface area is 89.6 Å². The molecule has 1 aliphatic heterocycles. The number of hydrogen-bond acceptors (Lipinski definition) is 2. The molecule has 0 aromatic heterocycles. The van der Waals surface area contributed by atoms with Gasteiger partial charge in [-0.25, -0.2) is 0 Å². The molecule has 1 aliphatic rings. The summed E-state index contributed by atoms with van der Waals surface area (Å²) >= 11 is 0. The van der Waals surface area contributed by atoms with Gasteiger partial charge in [0.05, 0.1) is 11.6 Å². The minimum absolute atomic E-state index is 0.703. The highest BCUT2D eigenvalue weighted by atomic mass is 14.7. The van der Waals surface area contributed by atoms with E-state index in [-0.39, 0.29) is 0 Å². The molecule has 1 aromatic rings. The van der Waals surface area contributed by atoms with Crippen LogP contribution in [0.4, 0.5) is 0 Å². The van der Waals surface area contributed by atoms with Gasteiger partial charge in [-0.3, -0.25) is 4.99 Å². The molecule has 0 atom stereocenters. The van der Waals surface area contributed by atoms with E-state index in [0.29, 0.717) is 5.56 Å². The summed E-state index contributed by atoms with van der Waals surface area (Å²) in [4.78, 5) is 4.24. The second kappa shape index (κ2) is 4.56. The first-order valence-electron chi connectivity index (χ1n) is 5.09. The summed E-state index contributed by atoms with van der Waals surface area (Å²) in [5, 5.41) is 8.66. The van der Waals surface area contributed by atoms with Crippen molar-refractivity contribution >= 4 is 12.3 Å². The standard InChI is InChI=1S/C13H12N2/c14-9-12-5-3-11(4-6-12)8-13-2-1-7-15-10-13/h3-6,8,10H,1-2,7H2. The highest BCUT2D eigenvalue weighted by Gasteiger charge is 1.99. The Morgan fingerprint density at radius 3 is 2.67 bits per heavy atom. The van der Waals surface area contributed by atoms with Gasteiger partial charge in [-0.05, 0) is 36.1 Å². The average Bonchev–Trinajstić information content (AvgIpc) is 2.31. The second-order valence-electron chi connectivity index (χ2n) is 3.59. The SMILES string of the molecule is N#Cc1ccc(C=C2C=NCCC2)cc1. The fourth-order valence-electron chi connectivity index (χ4n) is 1.60.